The Bertz CT molecular complexity index is 523. The predicted octanol–water partition coefficient (Wildman–Crippen LogP) is 1.34. The Morgan fingerprint density at radius 1 is 1.33 bits per heavy atom. The zero-order chi connectivity index (χ0) is 11.0. The first kappa shape index (κ1) is 9.77. The van der Waals surface area contributed by atoms with Crippen LogP contribution in [-0.2, 0) is 11.2 Å². The van der Waals surface area contributed by atoms with Gasteiger partial charge >= 0.3 is 0 Å². The number of hydrogen-bond donors (Lipinski definition) is 0. The zero-order valence-corrected chi connectivity index (χ0v) is 8.66. The molecular formula is C12H11O3-. The van der Waals surface area contributed by atoms with E-state index >= 15 is 0 Å². The molecule has 0 N–H and O–H groups in total. The van der Waals surface area contributed by atoms with Crippen molar-refractivity contribution >= 4 is 16.9 Å². The number of fused-ring (bicyclic) bond motifs is 1. The van der Waals surface area contributed by atoms with Crippen LogP contribution in [0, 0.1) is 13.8 Å². The highest BCUT2D eigenvalue weighted by Gasteiger charge is 2.07. The van der Waals surface area contributed by atoms with Gasteiger partial charge in [-0.1, -0.05) is 0 Å². The van der Waals surface area contributed by atoms with Gasteiger partial charge in [-0.2, -0.15) is 0 Å². The molecule has 0 spiro atoms. The summed E-state index contributed by atoms with van der Waals surface area (Å²) in [5.41, 5.74) is 3.67. The fraction of sp³-hybridized carbons (Fsp3) is 0.250. The van der Waals surface area contributed by atoms with E-state index in [1.165, 1.54) is 6.26 Å². The molecule has 0 aliphatic heterocycles. The molecule has 0 aliphatic carbocycles. The van der Waals surface area contributed by atoms with Crippen LogP contribution in [-0.4, -0.2) is 5.97 Å². The summed E-state index contributed by atoms with van der Waals surface area (Å²) in [6.45, 7) is 3.99. The molecule has 2 rings (SSSR count). The van der Waals surface area contributed by atoms with E-state index in [-0.39, 0.29) is 6.42 Å². The van der Waals surface area contributed by atoms with E-state index in [0.717, 1.165) is 22.1 Å². The minimum atomic E-state index is -1.09. The van der Waals surface area contributed by atoms with Crippen molar-refractivity contribution in [3.8, 4) is 0 Å². The molecule has 0 fully saturated rings. The number of benzene rings is 1. The van der Waals surface area contributed by atoms with E-state index < -0.39 is 5.97 Å². The van der Waals surface area contributed by atoms with Crippen molar-refractivity contribution in [3.05, 3.63) is 35.1 Å². The van der Waals surface area contributed by atoms with E-state index in [4.69, 9.17) is 4.42 Å². The van der Waals surface area contributed by atoms with Gasteiger partial charge in [0, 0.05) is 23.3 Å². The standard InChI is InChI=1S/C12H12O3/c1-7-3-10-9(5-12(13)14)6-15-11(10)4-8(7)2/h3-4,6H,5H2,1-2H3,(H,13,14)/p-1. The third-order valence-electron chi connectivity index (χ3n) is 2.60. The summed E-state index contributed by atoms with van der Waals surface area (Å²) in [6.07, 6.45) is 1.38. The molecule has 3 nitrogen and oxygen atoms in total. The van der Waals surface area contributed by atoms with Gasteiger partial charge in [0.05, 0.1) is 6.26 Å². The number of carbonyl (C=O) groups is 1. The third kappa shape index (κ3) is 1.73. The number of aryl methyl sites for hydroxylation is 2. The molecule has 0 radical (unpaired) electrons. The summed E-state index contributed by atoms with van der Waals surface area (Å²) in [5, 5.41) is 11.4. The van der Waals surface area contributed by atoms with Crippen LogP contribution in [0.4, 0.5) is 0 Å². The lowest BCUT2D eigenvalue weighted by Gasteiger charge is -2.01. The maximum Gasteiger partial charge on any atom is 0.134 e. The molecule has 0 saturated heterocycles. The third-order valence-corrected chi connectivity index (χ3v) is 2.60. The van der Waals surface area contributed by atoms with E-state index in [1.54, 1.807) is 0 Å². The van der Waals surface area contributed by atoms with E-state index in [2.05, 4.69) is 0 Å². The SMILES string of the molecule is Cc1cc2occ(CC(=O)[O-])c2cc1C. The average molecular weight is 203 g/mol. The van der Waals surface area contributed by atoms with Crippen molar-refractivity contribution in [2.75, 3.05) is 0 Å². The quantitative estimate of drug-likeness (QED) is 0.740. The molecule has 0 atom stereocenters. The van der Waals surface area contributed by atoms with Crippen molar-refractivity contribution in [1.82, 2.24) is 0 Å². The lowest BCUT2D eigenvalue weighted by atomic mass is 10.0. The number of rotatable bonds is 2. The number of aliphatic carboxylic acids is 1. The topological polar surface area (TPSA) is 53.3 Å². The normalized spacial score (nSPS) is 10.8. The highest BCUT2D eigenvalue weighted by atomic mass is 16.4. The van der Waals surface area contributed by atoms with Gasteiger partial charge in [0.25, 0.3) is 0 Å². The van der Waals surface area contributed by atoms with Gasteiger partial charge in [-0.15, -0.1) is 0 Å². The number of carbonyl (C=O) groups excluding carboxylic acids is 1. The van der Waals surface area contributed by atoms with Crippen LogP contribution in [0.5, 0.6) is 0 Å². The first-order valence-electron chi connectivity index (χ1n) is 4.75. The first-order chi connectivity index (χ1) is 7.08. The molecule has 0 saturated carbocycles. The highest BCUT2D eigenvalue weighted by Crippen LogP contribution is 2.24. The monoisotopic (exact) mass is 203 g/mol. The van der Waals surface area contributed by atoms with Crippen molar-refractivity contribution in [2.24, 2.45) is 0 Å². The molecule has 0 unspecified atom stereocenters. The van der Waals surface area contributed by atoms with Gasteiger partial charge in [-0.3, -0.25) is 0 Å². The second-order valence-electron chi connectivity index (χ2n) is 3.74. The van der Waals surface area contributed by atoms with Crippen LogP contribution in [0.1, 0.15) is 16.7 Å². The van der Waals surface area contributed by atoms with Gasteiger partial charge in [0.15, 0.2) is 0 Å². The van der Waals surface area contributed by atoms with Crippen molar-refractivity contribution in [2.45, 2.75) is 20.3 Å². The second kappa shape index (κ2) is 3.42. The van der Waals surface area contributed by atoms with Crippen molar-refractivity contribution in [1.29, 1.82) is 0 Å². The predicted molar refractivity (Wildman–Crippen MR) is 54.4 cm³/mol. The number of carboxylic acids is 1. The smallest absolute Gasteiger partial charge is 0.134 e. The van der Waals surface area contributed by atoms with Crippen LogP contribution >= 0.6 is 0 Å². The fourth-order valence-corrected chi connectivity index (χ4v) is 1.63. The summed E-state index contributed by atoms with van der Waals surface area (Å²) in [6, 6.07) is 3.87. The van der Waals surface area contributed by atoms with Crippen molar-refractivity contribution < 1.29 is 14.3 Å². The molecule has 1 aromatic heterocycles. The highest BCUT2D eigenvalue weighted by molar-refractivity contribution is 5.86. The number of carboxylic acid groups (broad SMARTS) is 1. The maximum absolute atomic E-state index is 10.5. The van der Waals surface area contributed by atoms with Gasteiger partial charge in [0.2, 0.25) is 0 Å². The summed E-state index contributed by atoms with van der Waals surface area (Å²) < 4.78 is 5.29. The van der Waals surface area contributed by atoms with Crippen LogP contribution in [0.25, 0.3) is 11.0 Å². The Labute approximate surface area is 87.3 Å². The van der Waals surface area contributed by atoms with E-state index in [9.17, 15) is 9.90 Å². The lowest BCUT2D eigenvalue weighted by molar-refractivity contribution is -0.304. The fourth-order valence-electron chi connectivity index (χ4n) is 1.63. The Morgan fingerprint density at radius 3 is 2.67 bits per heavy atom. The van der Waals surface area contributed by atoms with Gasteiger partial charge in [-0.25, -0.2) is 0 Å². The van der Waals surface area contributed by atoms with Crippen LogP contribution in [0.15, 0.2) is 22.8 Å². The molecule has 15 heavy (non-hydrogen) atoms. The second-order valence-corrected chi connectivity index (χ2v) is 3.74. The average Bonchev–Trinajstić information content (AvgIpc) is 2.49. The molecule has 0 aliphatic rings. The molecule has 3 heteroatoms. The maximum atomic E-state index is 10.5. The minimum absolute atomic E-state index is 0.102. The zero-order valence-electron chi connectivity index (χ0n) is 8.66. The molecule has 1 heterocycles. The first-order valence-corrected chi connectivity index (χ1v) is 4.75. The summed E-state index contributed by atoms with van der Waals surface area (Å²) in [4.78, 5) is 10.5. The van der Waals surface area contributed by atoms with Gasteiger partial charge in [0.1, 0.15) is 5.58 Å². The number of furan rings is 1. The largest absolute Gasteiger partial charge is 0.550 e. The molecule has 1 aromatic carbocycles. The van der Waals surface area contributed by atoms with Crippen LogP contribution in [0.3, 0.4) is 0 Å². The molecule has 0 amide bonds. The Hall–Kier alpha value is -1.77. The van der Waals surface area contributed by atoms with Gasteiger partial charge < -0.3 is 14.3 Å². The number of hydrogen-bond acceptors (Lipinski definition) is 3. The Morgan fingerprint density at radius 2 is 2.00 bits per heavy atom. The van der Waals surface area contributed by atoms with Crippen molar-refractivity contribution in [3.63, 3.8) is 0 Å². The lowest BCUT2D eigenvalue weighted by Crippen LogP contribution is -2.24. The molecule has 2 aromatic rings. The van der Waals surface area contributed by atoms with Gasteiger partial charge in [-0.05, 0) is 37.1 Å². The van der Waals surface area contributed by atoms with Crippen LogP contribution in [0.2, 0.25) is 0 Å². The van der Waals surface area contributed by atoms with E-state index in [0.29, 0.717) is 5.56 Å². The summed E-state index contributed by atoms with van der Waals surface area (Å²) in [5.74, 6) is -1.09. The molecular weight excluding hydrogens is 192 g/mol. The molecule has 78 valence electrons. The summed E-state index contributed by atoms with van der Waals surface area (Å²) in [7, 11) is 0. The van der Waals surface area contributed by atoms with Crippen LogP contribution < -0.4 is 5.11 Å². The Kier molecular flexibility index (Phi) is 2.23. The Balaban J connectivity index is 2.59. The molecule has 0 bridgehead atoms. The van der Waals surface area contributed by atoms with E-state index in [1.807, 2.05) is 26.0 Å². The minimum Gasteiger partial charge on any atom is -0.550 e. The summed E-state index contributed by atoms with van der Waals surface area (Å²) >= 11 is 0.